The Morgan fingerprint density at radius 3 is 2.38 bits per heavy atom. The average molecular weight is 278 g/mol. The van der Waals surface area contributed by atoms with Crippen molar-refractivity contribution in [2.75, 3.05) is 0 Å². The molecule has 2 aromatic carbocycles. The first-order valence-electron chi connectivity index (χ1n) is 7.26. The van der Waals surface area contributed by atoms with E-state index in [4.69, 9.17) is 0 Å². The van der Waals surface area contributed by atoms with Crippen LogP contribution >= 0.6 is 0 Å². The zero-order valence-corrected chi connectivity index (χ0v) is 12.0. The number of hydrogen-bond acceptors (Lipinski definition) is 1. The van der Waals surface area contributed by atoms with Crippen LogP contribution in [0.15, 0.2) is 60.7 Å². The van der Waals surface area contributed by atoms with E-state index in [1.54, 1.807) is 0 Å². The van der Waals surface area contributed by atoms with E-state index in [2.05, 4.69) is 37.3 Å². The largest absolute Gasteiger partial charge is 0.481 e. The molecule has 0 heterocycles. The van der Waals surface area contributed by atoms with Crippen molar-refractivity contribution in [1.29, 1.82) is 0 Å². The summed E-state index contributed by atoms with van der Waals surface area (Å²) in [6.07, 6.45) is 3.07. The second-order valence-corrected chi connectivity index (χ2v) is 5.55. The number of rotatable bonds is 4. The summed E-state index contributed by atoms with van der Waals surface area (Å²) < 4.78 is 0. The number of benzene rings is 2. The molecule has 1 unspecified atom stereocenters. The van der Waals surface area contributed by atoms with Gasteiger partial charge in [-0.2, -0.15) is 0 Å². The Morgan fingerprint density at radius 1 is 1.05 bits per heavy atom. The first kappa shape index (κ1) is 13.6. The molecule has 0 saturated heterocycles. The molecule has 2 nitrogen and oxygen atoms in total. The fourth-order valence-electron chi connectivity index (χ4n) is 3.27. The molecule has 0 aromatic heterocycles. The van der Waals surface area contributed by atoms with Gasteiger partial charge in [-0.25, -0.2) is 0 Å². The third kappa shape index (κ3) is 2.27. The lowest BCUT2D eigenvalue weighted by molar-refractivity contribution is -0.138. The molecule has 0 fully saturated rings. The summed E-state index contributed by atoms with van der Waals surface area (Å²) in [5.41, 5.74) is 4.19. The van der Waals surface area contributed by atoms with Crippen LogP contribution in [0.5, 0.6) is 0 Å². The van der Waals surface area contributed by atoms with Crippen LogP contribution in [0, 0.1) is 0 Å². The van der Waals surface area contributed by atoms with Gasteiger partial charge in [0, 0.05) is 5.41 Å². The second kappa shape index (κ2) is 5.21. The molecule has 2 heteroatoms. The van der Waals surface area contributed by atoms with Crippen molar-refractivity contribution < 1.29 is 9.90 Å². The minimum Gasteiger partial charge on any atom is -0.481 e. The van der Waals surface area contributed by atoms with Gasteiger partial charge < -0.3 is 5.11 Å². The average Bonchev–Trinajstić information content (AvgIpc) is 2.83. The Kier molecular flexibility index (Phi) is 3.38. The van der Waals surface area contributed by atoms with E-state index < -0.39 is 11.4 Å². The molecule has 1 aliphatic carbocycles. The van der Waals surface area contributed by atoms with E-state index in [9.17, 15) is 9.90 Å². The first-order chi connectivity index (χ1) is 10.2. The Labute approximate surface area is 124 Å². The predicted octanol–water partition coefficient (Wildman–Crippen LogP) is 4.25. The highest BCUT2D eigenvalue weighted by Gasteiger charge is 2.38. The molecule has 0 aliphatic heterocycles. The smallest absolute Gasteiger partial charge is 0.304 e. The third-order valence-corrected chi connectivity index (χ3v) is 4.36. The minimum absolute atomic E-state index is 0.136. The lowest BCUT2D eigenvalue weighted by Crippen LogP contribution is -2.24. The lowest BCUT2D eigenvalue weighted by Gasteiger charge is -2.25. The van der Waals surface area contributed by atoms with Crippen molar-refractivity contribution in [1.82, 2.24) is 0 Å². The van der Waals surface area contributed by atoms with E-state index in [0.29, 0.717) is 0 Å². The van der Waals surface area contributed by atoms with Gasteiger partial charge in [-0.05, 0) is 28.7 Å². The Bertz CT molecular complexity index is 701. The molecule has 21 heavy (non-hydrogen) atoms. The summed E-state index contributed by atoms with van der Waals surface area (Å²) >= 11 is 0. The van der Waals surface area contributed by atoms with Gasteiger partial charge in [-0.15, -0.1) is 0 Å². The fourth-order valence-corrected chi connectivity index (χ4v) is 3.27. The maximum atomic E-state index is 11.3. The first-order valence-corrected chi connectivity index (χ1v) is 7.26. The van der Waals surface area contributed by atoms with Crippen molar-refractivity contribution in [3.05, 3.63) is 77.4 Å². The van der Waals surface area contributed by atoms with Crippen molar-refractivity contribution in [3.63, 3.8) is 0 Å². The fraction of sp³-hybridized carbons (Fsp3) is 0.211. The van der Waals surface area contributed by atoms with Crippen molar-refractivity contribution in [3.8, 4) is 0 Å². The van der Waals surface area contributed by atoms with Gasteiger partial charge in [0.25, 0.3) is 0 Å². The molecule has 0 amide bonds. The van der Waals surface area contributed by atoms with Gasteiger partial charge in [0.2, 0.25) is 0 Å². The standard InChI is InChI=1S/C19H18O2/c1-2-19(13-18(20)21)12-16(14-8-4-3-5-9-14)15-10-6-7-11-17(15)19/h3-12H,2,13H2,1H3,(H,20,21). The second-order valence-electron chi connectivity index (χ2n) is 5.55. The summed E-state index contributed by atoms with van der Waals surface area (Å²) in [6.45, 7) is 2.06. The van der Waals surface area contributed by atoms with Gasteiger partial charge in [0.15, 0.2) is 0 Å². The van der Waals surface area contributed by atoms with E-state index in [-0.39, 0.29) is 6.42 Å². The molecule has 0 bridgehead atoms. The Balaban J connectivity index is 2.19. The zero-order valence-electron chi connectivity index (χ0n) is 12.0. The summed E-state index contributed by atoms with van der Waals surface area (Å²) in [6, 6.07) is 18.3. The Hall–Kier alpha value is -2.35. The highest BCUT2D eigenvalue weighted by atomic mass is 16.4. The van der Waals surface area contributed by atoms with Crippen LogP contribution in [0.4, 0.5) is 0 Å². The van der Waals surface area contributed by atoms with E-state index >= 15 is 0 Å². The van der Waals surface area contributed by atoms with Crippen LogP contribution in [0.25, 0.3) is 5.57 Å². The maximum absolute atomic E-state index is 11.3. The van der Waals surface area contributed by atoms with Crippen LogP contribution in [-0.4, -0.2) is 11.1 Å². The minimum atomic E-state index is -0.753. The van der Waals surface area contributed by atoms with Gasteiger partial charge in [-0.1, -0.05) is 67.6 Å². The lowest BCUT2D eigenvalue weighted by atomic mass is 9.77. The number of hydrogen-bond donors (Lipinski definition) is 1. The Morgan fingerprint density at radius 2 is 1.71 bits per heavy atom. The van der Waals surface area contributed by atoms with Gasteiger partial charge in [0.05, 0.1) is 6.42 Å². The molecule has 0 saturated carbocycles. The molecule has 1 atom stereocenters. The normalized spacial score (nSPS) is 20.0. The van der Waals surface area contributed by atoms with Crippen LogP contribution in [0.2, 0.25) is 0 Å². The number of carbonyl (C=O) groups is 1. The van der Waals surface area contributed by atoms with Gasteiger partial charge in [0.1, 0.15) is 0 Å². The highest BCUT2D eigenvalue weighted by Crippen LogP contribution is 2.47. The summed E-state index contributed by atoms with van der Waals surface area (Å²) in [4.78, 5) is 11.3. The summed E-state index contributed by atoms with van der Waals surface area (Å²) in [5, 5.41) is 9.32. The van der Waals surface area contributed by atoms with E-state index in [0.717, 1.165) is 28.7 Å². The van der Waals surface area contributed by atoms with Crippen molar-refractivity contribution >= 4 is 11.5 Å². The third-order valence-electron chi connectivity index (χ3n) is 4.36. The molecule has 0 spiro atoms. The predicted molar refractivity (Wildman–Crippen MR) is 84.2 cm³/mol. The van der Waals surface area contributed by atoms with Crippen LogP contribution in [-0.2, 0) is 10.2 Å². The summed E-state index contributed by atoms with van der Waals surface area (Å²) in [5.74, 6) is -0.753. The number of allylic oxidation sites excluding steroid dienone is 1. The van der Waals surface area contributed by atoms with E-state index in [1.165, 1.54) is 0 Å². The molecule has 1 aliphatic rings. The molecular weight excluding hydrogens is 260 g/mol. The molecular formula is C19H18O2. The molecule has 106 valence electrons. The monoisotopic (exact) mass is 278 g/mol. The summed E-state index contributed by atoms with van der Waals surface area (Å²) in [7, 11) is 0. The van der Waals surface area contributed by atoms with E-state index in [1.807, 2.05) is 30.3 Å². The van der Waals surface area contributed by atoms with Crippen LogP contribution < -0.4 is 0 Å². The number of carboxylic acids is 1. The molecule has 0 radical (unpaired) electrons. The number of fused-ring (bicyclic) bond motifs is 1. The highest BCUT2D eigenvalue weighted by molar-refractivity contribution is 5.88. The van der Waals surface area contributed by atoms with Crippen molar-refractivity contribution in [2.24, 2.45) is 0 Å². The topological polar surface area (TPSA) is 37.3 Å². The van der Waals surface area contributed by atoms with Crippen molar-refractivity contribution in [2.45, 2.75) is 25.2 Å². The van der Waals surface area contributed by atoms with Gasteiger partial charge >= 0.3 is 5.97 Å². The molecule has 3 rings (SSSR count). The van der Waals surface area contributed by atoms with Crippen LogP contribution in [0.1, 0.15) is 36.5 Å². The molecule has 2 aromatic rings. The quantitative estimate of drug-likeness (QED) is 0.907. The van der Waals surface area contributed by atoms with Crippen LogP contribution in [0.3, 0.4) is 0 Å². The SMILES string of the molecule is CCC1(CC(=O)O)C=C(c2ccccc2)c2ccccc21. The zero-order chi connectivity index (χ0) is 14.9. The number of aliphatic carboxylic acids is 1. The van der Waals surface area contributed by atoms with Gasteiger partial charge in [-0.3, -0.25) is 4.79 Å². The molecule has 1 N–H and O–H groups in total. The number of carboxylic acid groups (broad SMARTS) is 1. The maximum Gasteiger partial charge on any atom is 0.304 e.